The third-order valence-electron chi connectivity index (χ3n) is 3.59. The second-order valence-corrected chi connectivity index (χ2v) is 7.19. The molecule has 6 nitrogen and oxygen atoms in total. The van der Waals surface area contributed by atoms with Crippen molar-refractivity contribution in [1.29, 1.82) is 0 Å². The summed E-state index contributed by atoms with van der Waals surface area (Å²) in [5.41, 5.74) is 0.305. The van der Waals surface area contributed by atoms with Gasteiger partial charge in [-0.2, -0.15) is 13.2 Å². The van der Waals surface area contributed by atoms with E-state index in [2.05, 4.69) is 36.3 Å². The summed E-state index contributed by atoms with van der Waals surface area (Å²) >= 11 is 4.57. The van der Waals surface area contributed by atoms with Gasteiger partial charge in [-0.25, -0.2) is 0 Å². The monoisotopic (exact) mass is 455 g/mol. The van der Waals surface area contributed by atoms with Crippen molar-refractivity contribution in [2.24, 2.45) is 0 Å². The lowest BCUT2D eigenvalue weighted by atomic mass is 10.2. The highest BCUT2D eigenvalue weighted by Crippen LogP contribution is 2.31. The van der Waals surface area contributed by atoms with Gasteiger partial charge in [0, 0.05) is 10.7 Å². The molecule has 0 saturated carbocycles. The molecule has 0 saturated heterocycles. The smallest absolute Gasteiger partial charge is 0.417 e. The third-order valence-corrected chi connectivity index (χ3v) is 5.21. The van der Waals surface area contributed by atoms with Gasteiger partial charge in [0.2, 0.25) is 11.8 Å². The quantitative estimate of drug-likeness (QED) is 0.409. The first-order valence-corrected chi connectivity index (χ1v) is 9.32. The average molecular weight is 456 g/mol. The molecule has 138 valence electrons. The molecular formula is C16H9BrF3N5OS. The fraction of sp³-hybridized carbons (Fsp3) is 0.125. The molecule has 27 heavy (non-hydrogen) atoms. The van der Waals surface area contributed by atoms with Crippen molar-refractivity contribution < 1.29 is 17.6 Å². The Morgan fingerprint density at radius 3 is 2.63 bits per heavy atom. The zero-order valence-corrected chi connectivity index (χ0v) is 15.7. The largest absolute Gasteiger partial charge is 0.420 e. The van der Waals surface area contributed by atoms with Gasteiger partial charge in [-0.3, -0.25) is 4.40 Å². The van der Waals surface area contributed by atoms with E-state index in [4.69, 9.17) is 4.42 Å². The first-order chi connectivity index (χ1) is 12.9. The molecule has 0 atom stereocenters. The van der Waals surface area contributed by atoms with E-state index in [1.54, 1.807) is 0 Å². The standard InChI is InChI=1S/C16H9BrF3N5OS/c17-11-4-2-1-3-10(11)14-23-22-13(26-14)8-27-15-24-21-12-6-5-9(7-25(12)15)16(18,19)20/h1-7H,8H2. The third kappa shape index (κ3) is 3.69. The van der Waals surface area contributed by atoms with Crippen molar-refractivity contribution in [2.45, 2.75) is 17.1 Å². The molecule has 3 aromatic heterocycles. The van der Waals surface area contributed by atoms with Gasteiger partial charge in [-0.1, -0.05) is 23.9 Å². The van der Waals surface area contributed by atoms with Crippen molar-refractivity contribution in [3.63, 3.8) is 0 Å². The fourth-order valence-electron chi connectivity index (χ4n) is 2.32. The zero-order valence-electron chi connectivity index (χ0n) is 13.3. The molecule has 0 fully saturated rings. The Kier molecular flexibility index (Phi) is 4.64. The summed E-state index contributed by atoms with van der Waals surface area (Å²) in [4.78, 5) is 0. The summed E-state index contributed by atoms with van der Waals surface area (Å²) < 4.78 is 46.4. The molecule has 11 heteroatoms. The van der Waals surface area contributed by atoms with Crippen LogP contribution < -0.4 is 0 Å². The highest BCUT2D eigenvalue weighted by Gasteiger charge is 2.31. The van der Waals surface area contributed by atoms with E-state index in [0.717, 1.165) is 34.1 Å². The summed E-state index contributed by atoms with van der Waals surface area (Å²) in [6.07, 6.45) is -3.47. The minimum atomic E-state index is -4.44. The van der Waals surface area contributed by atoms with E-state index in [0.29, 0.717) is 22.6 Å². The van der Waals surface area contributed by atoms with Crippen molar-refractivity contribution in [1.82, 2.24) is 24.8 Å². The molecule has 0 bridgehead atoms. The molecule has 0 unspecified atom stereocenters. The van der Waals surface area contributed by atoms with Crippen LogP contribution in [-0.4, -0.2) is 24.8 Å². The van der Waals surface area contributed by atoms with Crippen LogP contribution in [-0.2, 0) is 11.9 Å². The van der Waals surface area contributed by atoms with Gasteiger partial charge in [0.05, 0.1) is 16.9 Å². The fourth-order valence-corrected chi connectivity index (χ4v) is 3.53. The molecule has 0 aliphatic rings. The maximum absolute atomic E-state index is 12.9. The van der Waals surface area contributed by atoms with Gasteiger partial charge >= 0.3 is 6.18 Å². The maximum atomic E-state index is 12.9. The number of hydrogen-bond donors (Lipinski definition) is 0. The highest BCUT2D eigenvalue weighted by atomic mass is 79.9. The van der Waals surface area contributed by atoms with Gasteiger partial charge in [0.1, 0.15) is 0 Å². The minimum Gasteiger partial charge on any atom is -0.420 e. The first-order valence-electron chi connectivity index (χ1n) is 7.54. The van der Waals surface area contributed by atoms with Gasteiger partial charge in [0.15, 0.2) is 10.8 Å². The summed E-state index contributed by atoms with van der Waals surface area (Å²) in [5, 5.41) is 16.1. The lowest BCUT2D eigenvalue weighted by Crippen LogP contribution is -2.06. The van der Waals surface area contributed by atoms with E-state index in [1.165, 1.54) is 10.5 Å². The van der Waals surface area contributed by atoms with Gasteiger partial charge < -0.3 is 4.42 Å². The summed E-state index contributed by atoms with van der Waals surface area (Å²) in [7, 11) is 0. The Hall–Kier alpha value is -2.40. The van der Waals surface area contributed by atoms with E-state index in [9.17, 15) is 13.2 Å². The Labute approximate surface area is 162 Å². The molecule has 1 aromatic carbocycles. The normalized spacial score (nSPS) is 12.0. The maximum Gasteiger partial charge on any atom is 0.417 e. The summed E-state index contributed by atoms with van der Waals surface area (Å²) in [5.74, 6) is 0.923. The zero-order chi connectivity index (χ0) is 19.0. The van der Waals surface area contributed by atoms with Crippen molar-refractivity contribution in [2.75, 3.05) is 0 Å². The van der Waals surface area contributed by atoms with Gasteiger partial charge in [-0.15, -0.1) is 20.4 Å². The van der Waals surface area contributed by atoms with Crippen LogP contribution in [0.3, 0.4) is 0 Å². The molecule has 0 spiro atoms. The van der Waals surface area contributed by atoms with Gasteiger partial charge in [-0.05, 0) is 40.2 Å². The number of pyridine rings is 1. The number of fused-ring (bicyclic) bond motifs is 1. The highest BCUT2D eigenvalue weighted by molar-refractivity contribution is 9.10. The summed E-state index contributed by atoms with van der Waals surface area (Å²) in [6, 6.07) is 9.65. The van der Waals surface area contributed by atoms with Crippen LogP contribution in [0.25, 0.3) is 17.1 Å². The van der Waals surface area contributed by atoms with Crippen LogP contribution in [0.15, 0.2) is 56.6 Å². The molecule has 0 radical (unpaired) electrons. The van der Waals surface area contributed by atoms with Crippen molar-refractivity contribution >= 4 is 33.3 Å². The van der Waals surface area contributed by atoms with Gasteiger partial charge in [0.25, 0.3) is 0 Å². The number of hydrogen-bond acceptors (Lipinski definition) is 6. The minimum absolute atomic E-state index is 0.245. The number of nitrogens with zero attached hydrogens (tertiary/aromatic N) is 5. The molecule has 4 aromatic rings. The number of alkyl halides is 3. The SMILES string of the molecule is FC(F)(F)c1ccc2nnc(SCc3nnc(-c4ccccc4Br)o3)n2c1. The molecule has 0 N–H and O–H groups in total. The number of thioether (sulfide) groups is 1. The van der Waals surface area contributed by atoms with Crippen LogP contribution in [0, 0.1) is 0 Å². The Bertz CT molecular complexity index is 1110. The molecular weight excluding hydrogens is 447 g/mol. The number of aromatic nitrogens is 5. The van der Waals surface area contributed by atoms with Crippen LogP contribution in [0.2, 0.25) is 0 Å². The lowest BCUT2D eigenvalue weighted by molar-refractivity contribution is -0.137. The van der Waals surface area contributed by atoms with E-state index in [1.807, 2.05) is 24.3 Å². The number of rotatable bonds is 4. The predicted molar refractivity (Wildman–Crippen MR) is 95.0 cm³/mol. The van der Waals surface area contributed by atoms with Crippen LogP contribution in [0.4, 0.5) is 13.2 Å². The summed E-state index contributed by atoms with van der Waals surface area (Å²) in [6.45, 7) is 0. The molecule has 0 aliphatic heterocycles. The lowest BCUT2D eigenvalue weighted by Gasteiger charge is -2.06. The predicted octanol–water partition coefficient (Wildman–Crippen LogP) is 4.85. The topological polar surface area (TPSA) is 69.1 Å². The average Bonchev–Trinajstić information content (AvgIpc) is 3.26. The number of halogens is 4. The van der Waals surface area contributed by atoms with E-state index >= 15 is 0 Å². The Morgan fingerprint density at radius 1 is 1.04 bits per heavy atom. The van der Waals surface area contributed by atoms with Crippen molar-refractivity contribution in [3.05, 3.63) is 58.5 Å². The molecule has 4 rings (SSSR count). The first kappa shape index (κ1) is 18.0. The molecule has 0 aliphatic carbocycles. The van der Waals surface area contributed by atoms with Crippen LogP contribution in [0.1, 0.15) is 11.5 Å². The Morgan fingerprint density at radius 2 is 1.85 bits per heavy atom. The van der Waals surface area contributed by atoms with E-state index < -0.39 is 11.7 Å². The van der Waals surface area contributed by atoms with Crippen LogP contribution >= 0.6 is 27.7 Å². The molecule has 0 amide bonds. The van der Waals surface area contributed by atoms with E-state index in [-0.39, 0.29) is 5.75 Å². The second-order valence-electron chi connectivity index (χ2n) is 5.40. The van der Waals surface area contributed by atoms with Crippen molar-refractivity contribution in [3.8, 4) is 11.5 Å². The second kappa shape index (κ2) is 6.97. The Balaban J connectivity index is 1.55. The molecule has 3 heterocycles. The van der Waals surface area contributed by atoms with Crippen LogP contribution in [0.5, 0.6) is 0 Å². The number of benzene rings is 1.